The summed E-state index contributed by atoms with van der Waals surface area (Å²) in [5.41, 5.74) is 2.10. The number of benzene rings is 2. The maximum atomic E-state index is 9.32. The van der Waals surface area contributed by atoms with Crippen LogP contribution in [0.5, 0.6) is 17.2 Å². The second-order valence-corrected chi connectivity index (χ2v) is 5.01. The molecule has 5 heteroatoms. The largest absolute Gasteiger partial charge is 0.493 e. The van der Waals surface area contributed by atoms with Crippen molar-refractivity contribution in [2.24, 2.45) is 0 Å². The summed E-state index contributed by atoms with van der Waals surface area (Å²) in [5, 5.41) is 9.32. The summed E-state index contributed by atoms with van der Waals surface area (Å²) < 4.78 is 16.2. The minimum Gasteiger partial charge on any atom is -0.493 e. The first-order valence-corrected chi connectivity index (χ1v) is 7.19. The lowest BCUT2D eigenvalue weighted by Crippen LogP contribution is -2.26. The average molecular weight is 301 g/mol. The zero-order chi connectivity index (χ0) is 15.4. The maximum Gasteiger partial charge on any atom is 0.231 e. The molecule has 116 valence electrons. The van der Waals surface area contributed by atoms with Crippen molar-refractivity contribution in [1.82, 2.24) is 0 Å². The molecule has 0 aromatic heterocycles. The Balaban J connectivity index is 1.87. The Morgan fingerprint density at radius 2 is 2.00 bits per heavy atom. The third-order valence-corrected chi connectivity index (χ3v) is 3.58. The van der Waals surface area contributed by atoms with Crippen molar-refractivity contribution in [2.45, 2.75) is 6.54 Å². The van der Waals surface area contributed by atoms with E-state index in [1.807, 2.05) is 42.5 Å². The third-order valence-electron chi connectivity index (χ3n) is 3.58. The van der Waals surface area contributed by atoms with Gasteiger partial charge in [0.15, 0.2) is 11.5 Å². The molecule has 1 heterocycles. The number of para-hydroxylation sites is 1. The molecule has 0 fully saturated rings. The van der Waals surface area contributed by atoms with Crippen LogP contribution in [0.4, 0.5) is 5.69 Å². The van der Waals surface area contributed by atoms with Crippen LogP contribution in [0.2, 0.25) is 0 Å². The number of aliphatic hydroxyl groups is 1. The van der Waals surface area contributed by atoms with E-state index in [4.69, 9.17) is 14.2 Å². The molecule has 0 saturated carbocycles. The quantitative estimate of drug-likeness (QED) is 0.888. The highest BCUT2D eigenvalue weighted by Crippen LogP contribution is 2.42. The summed E-state index contributed by atoms with van der Waals surface area (Å²) >= 11 is 0. The standard InChI is InChI=1S/C17H19NO4/c1-20-15-9-13(10-16-17(15)22-12-21-16)11-18(7-8-19)14-5-3-2-4-6-14/h2-6,9-10,19H,7-8,11-12H2,1H3. The Labute approximate surface area is 129 Å². The predicted molar refractivity (Wildman–Crippen MR) is 83.7 cm³/mol. The van der Waals surface area contributed by atoms with E-state index >= 15 is 0 Å². The van der Waals surface area contributed by atoms with Gasteiger partial charge in [0, 0.05) is 18.8 Å². The van der Waals surface area contributed by atoms with E-state index in [0.717, 1.165) is 11.3 Å². The zero-order valence-electron chi connectivity index (χ0n) is 12.5. The van der Waals surface area contributed by atoms with Crippen LogP contribution in [0.15, 0.2) is 42.5 Å². The molecule has 2 aromatic rings. The molecule has 0 atom stereocenters. The van der Waals surface area contributed by atoms with Gasteiger partial charge in [0.05, 0.1) is 13.7 Å². The lowest BCUT2D eigenvalue weighted by Gasteiger charge is -2.24. The van der Waals surface area contributed by atoms with E-state index in [1.165, 1.54) is 0 Å². The Morgan fingerprint density at radius 1 is 1.18 bits per heavy atom. The van der Waals surface area contributed by atoms with Crippen LogP contribution in [-0.4, -0.2) is 32.2 Å². The molecule has 0 unspecified atom stereocenters. The molecule has 3 rings (SSSR count). The average Bonchev–Trinajstić information content (AvgIpc) is 3.03. The van der Waals surface area contributed by atoms with Gasteiger partial charge in [-0.3, -0.25) is 0 Å². The molecule has 0 amide bonds. The van der Waals surface area contributed by atoms with Gasteiger partial charge in [-0.15, -0.1) is 0 Å². The number of anilines is 1. The molecule has 22 heavy (non-hydrogen) atoms. The molecule has 5 nitrogen and oxygen atoms in total. The van der Waals surface area contributed by atoms with Crippen LogP contribution in [-0.2, 0) is 6.54 Å². The SMILES string of the molecule is COc1cc(CN(CCO)c2ccccc2)cc2c1OCO2. The summed E-state index contributed by atoms with van der Waals surface area (Å²) in [4.78, 5) is 2.11. The van der Waals surface area contributed by atoms with Crippen LogP contribution >= 0.6 is 0 Å². The first-order chi connectivity index (χ1) is 10.8. The van der Waals surface area contributed by atoms with Crippen molar-refractivity contribution in [2.75, 3.05) is 32.0 Å². The number of ether oxygens (including phenoxy) is 3. The number of hydrogen-bond acceptors (Lipinski definition) is 5. The van der Waals surface area contributed by atoms with Crippen molar-refractivity contribution in [3.63, 3.8) is 0 Å². The van der Waals surface area contributed by atoms with Crippen molar-refractivity contribution in [1.29, 1.82) is 0 Å². The lowest BCUT2D eigenvalue weighted by molar-refractivity contribution is 0.171. The molecule has 0 spiro atoms. The fourth-order valence-electron chi connectivity index (χ4n) is 2.55. The van der Waals surface area contributed by atoms with E-state index in [1.54, 1.807) is 7.11 Å². The Hall–Kier alpha value is -2.40. The number of aliphatic hydroxyl groups excluding tert-OH is 1. The highest BCUT2D eigenvalue weighted by Gasteiger charge is 2.20. The molecule has 0 bridgehead atoms. The van der Waals surface area contributed by atoms with Crippen molar-refractivity contribution in [3.8, 4) is 17.2 Å². The second kappa shape index (κ2) is 6.58. The molecular weight excluding hydrogens is 282 g/mol. The maximum absolute atomic E-state index is 9.32. The van der Waals surface area contributed by atoms with Gasteiger partial charge in [0.2, 0.25) is 12.5 Å². The van der Waals surface area contributed by atoms with Crippen molar-refractivity contribution >= 4 is 5.69 Å². The predicted octanol–water partition coefficient (Wildman–Crippen LogP) is 2.42. The van der Waals surface area contributed by atoms with Gasteiger partial charge >= 0.3 is 0 Å². The van der Waals surface area contributed by atoms with Gasteiger partial charge in [-0.25, -0.2) is 0 Å². The molecule has 2 aromatic carbocycles. The molecule has 1 aliphatic heterocycles. The number of methoxy groups -OCH3 is 1. The van der Waals surface area contributed by atoms with Crippen LogP contribution in [0, 0.1) is 0 Å². The Kier molecular flexibility index (Phi) is 4.34. The number of nitrogens with zero attached hydrogens (tertiary/aromatic N) is 1. The lowest BCUT2D eigenvalue weighted by atomic mass is 10.1. The molecule has 0 radical (unpaired) electrons. The number of hydrogen-bond donors (Lipinski definition) is 1. The smallest absolute Gasteiger partial charge is 0.231 e. The number of rotatable bonds is 6. The van der Waals surface area contributed by atoms with Gasteiger partial charge in [-0.2, -0.15) is 0 Å². The highest BCUT2D eigenvalue weighted by atomic mass is 16.7. The van der Waals surface area contributed by atoms with Crippen LogP contribution < -0.4 is 19.1 Å². The fourth-order valence-corrected chi connectivity index (χ4v) is 2.55. The summed E-state index contributed by atoms with van der Waals surface area (Å²) in [6.45, 7) is 1.52. The Morgan fingerprint density at radius 3 is 2.73 bits per heavy atom. The first kappa shape index (κ1) is 14.5. The van der Waals surface area contributed by atoms with E-state index in [2.05, 4.69) is 4.90 Å². The minimum absolute atomic E-state index is 0.0938. The van der Waals surface area contributed by atoms with Crippen LogP contribution in [0.3, 0.4) is 0 Å². The zero-order valence-corrected chi connectivity index (χ0v) is 12.5. The summed E-state index contributed by atoms with van der Waals surface area (Å²) in [5.74, 6) is 2.02. The molecule has 0 saturated heterocycles. The van der Waals surface area contributed by atoms with E-state index in [-0.39, 0.29) is 13.4 Å². The van der Waals surface area contributed by atoms with E-state index < -0.39 is 0 Å². The van der Waals surface area contributed by atoms with Gasteiger partial charge in [0.25, 0.3) is 0 Å². The minimum atomic E-state index is 0.0938. The summed E-state index contributed by atoms with van der Waals surface area (Å²) in [6, 6.07) is 13.9. The van der Waals surface area contributed by atoms with Crippen LogP contribution in [0.1, 0.15) is 5.56 Å². The highest BCUT2D eigenvalue weighted by molar-refractivity contribution is 5.56. The van der Waals surface area contributed by atoms with Crippen molar-refractivity contribution < 1.29 is 19.3 Å². The van der Waals surface area contributed by atoms with Gasteiger partial charge < -0.3 is 24.2 Å². The monoisotopic (exact) mass is 301 g/mol. The Bertz CT molecular complexity index is 630. The fraction of sp³-hybridized carbons (Fsp3) is 0.294. The normalized spacial score (nSPS) is 12.3. The first-order valence-electron chi connectivity index (χ1n) is 7.19. The topological polar surface area (TPSA) is 51.2 Å². The van der Waals surface area contributed by atoms with Gasteiger partial charge in [0.1, 0.15) is 0 Å². The van der Waals surface area contributed by atoms with Gasteiger partial charge in [-0.1, -0.05) is 18.2 Å². The molecule has 0 aliphatic carbocycles. The molecular formula is C17H19NO4. The third kappa shape index (κ3) is 2.94. The van der Waals surface area contributed by atoms with Crippen molar-refractivity contribution in [3.05, 3.63) is 48.0 Å². The van der Waals surface area contributed by atoms with E-state index in [9.17, 15) is 5.11 Å². The number of fused-ring (bicyclic) bond motifs is 1. The molecule has 1 aliphatic rings. The summed E-state index contributed by atoms with van der Waals surface area (Å²) in [7, 11) is 1.61. The molecule has 1 N–H and O–H groups in total. The second-order valence-electron chi connectivity index (χ2n) is 5.01. The van der Waals surface area contributed by atoms with E-state index in [0.29, 0.717) is 30.3 Å². The van der Waals surface area contributed by atoms with Crippen LogP contribution in [0.25, 0.3) is 0 Å². The summed E-state index contributed by atoms with van der Waals surface area (Å²) in [6.07, 6.45) is 0. The van der Waals surface area contributed by atoms with Gasteiger partial charge in [-0.05, 0) is 29.8 Å².